The average Bonchev–Trinajstić information content (AvgIpc) is 2.82. The van der Waals surface area contributed by atoms with Gasteiger partial charge in [0.1, 0.15) is 0 Å². The molecule has 0 radical (unpaired) electrons. The Balaban J connectivity index is 1.80. The van der Waals surface area contributed by atoms with Crippen molar-refractivity contribution >= 4 is 0 Å². The molecule has 2 heteroatoms. The lowest BCUT2D eigenvalue weighted by Crippen LogP contribution is -2.59. The first-order valence-electron chi connectivity index (χ1n) is 8.25. The molecular formula is C16H32N2. The highest BCUT2D eigenvalue weighted by atomic mass is 15.2. The molecule has 106 valence electrons. The second kappa shape index (κ2) is 6.91. The van der Waals surface area contributed by atoms with Gasteiger partial charge in [0, 0.05) is 31.7 Å². The molecule has 2 aliphatic rings. The van der Waals surface area contributed by atoms with Crippen molar-refractivity contribution in [2.75, 3.05) is 26.2 Å². The molecule has 1 spiro atoms. The third-order valence-electron chi connectivity index (χ3n) is 5.07. The zero-order valence-electron chi connectivity index (χ0n) is 12.5. The Bertz CT molecular complexity index is 233. The topological polar surface area (TPSA) is 15.3 Å². The molecule has 2 fully saturated rings. The standard InChI is InChI=1S/C16H32N2/c1-3-5-8-15(4-2)13-18-12-11-17-16(14-18)9-6-7-10-16/h15,17H,3-14H2,1-2H3. The van der Waals surface area contributed by atoms with Crippen LogP contribution in [0.15, 0.2) is 0 Å². The Hall–Kier alpha value is -0.0800. The molecule has 0 aromatic carbocycles. The van der Waals surface area contributed by atoms with Crippen LogP contribution in [0.4, 0.5) is 0 Å². The lowest BCUT2D eigenvalue weighted by molar-refractivity contribution is 0.114. The Morgan fingerprint density at radius 1 is 1.22 bits per heavy atom. The summed E-state index contributed by atoms with van der Waals surface area (Å²) in [5, 5.41) is 3.82. The van der Waals surface area contributed by atoms with Crippen molar-refractivity contribution < 1.29 is 0 Å². The van der Waals surface area contributed by atoms with Crippen molar-refractivity contribution in [3.8, 4) is 0 Å². The van der Waals surface area contributed by atoms with E-state index < -0.39 is 0 Å². The lowest BCUT2D eigenvalue weighted by Gasteiger charge is -2.42. The number of nitrogens with one attached hydrogen (secondary N) is 1. The van der Waals surface area contributed by atoms with Crippen LogP contribution in [0.1, 0.15) is 65.2 Å². The molecule has 1 atom stereocenters. The van der Waals surface area contributed by atoms with Crippen LogP contribution >= 0.6 is 0 Å². The minimum Gasteiger partial charge on any atom is -0.309 e. The summed E-state index contributed by atoms with van der Waals surface area (Å²) in [7, 11) is 0. The van der Waals surface area contributed by atoms with E-state index in [9.17, 15) is 0 Å². The summed E-state index contributed by atoms with van der Waals surface area (Å²) < 4.78 is 0. The number of unbranched alkanes of at least 4 members (excludes halogenated alkanes) is 1. The van der Waals surface area contributed by atoms with Gasteiger partial charge >= 0.3 is 0 Å². The quantitative estimate of drug-likeness (QED) is 0.779. The first-order chi connectivity index (χ1) is 8.78. The van der Waals surface area contributed by atoms with E-state index in [1.165, 1.54) is 77.5 Å². The summed E-state index contributed by atoms with van der Waals surface area (Å²) in [6, 6.07) is 0. The predicted octanol–water partition coefficient (Wildman–Crippen LogP) is 3.42. The van der Waals surface area contributed by atoms with Gasteiger partial charge in [-0.1, -0.05) is 46.0 Å². The largest absolute Gasteiger partial charge is 0.309 e. The van der Waals surface area contributed by atoms with E-state index in [1.54, 1.807) is 0 Å². The Morgan fingerprint density at radius 2 is 2.00 bits per heavy atom. The monoisotopic (exact) mass is 252 g/mol. The van der Waals surface area contributed by atoms with Crippen LogP contribution in [-0.2, 0) is 0 Å². The van der Waals surface area contributed by atoms with Crippen molar-refractivity contribution in [2.45, 2.75) is 70.8 Å². The molecule has 1 saturated carbocycles. The number of nitrogens with zero attached hydrogens (tertiary/aromatic N) is 1. The van der Waals surface area contributed by atoms with Crippen molar-refractivity contribution in [1.82, 2.24) is 10.2 Å². The van der Waals surface area contributed by atoms with Gasteiger partial charge in [0.25, 0.3) is 0 Å². The van der Waals surface area contributed by atoms with Gasteiger partial charge < -0.3 is 5.32 Å². The molecule has 18 heavy (non-hydrogen) atoms. The molecule has 1 unspecified atom stereocenters. The molecule has 2 rings (SSSR count). The average molecular weight is 252 g/mol. The van der Waals surface area contributed by atoms with E-state index in [2.05, 4.69) is 24.1 Å². The second-order valence-electron chi connectivity index (χ2n) is 6.57. The summed E-state index contributed by atoms with van der Waals surface area (Å²) in [5.41, 5.74) is 0.501. The highest BCUT2D eigenvalue weighted by Crippen LogP contribution is 2.32. The van der Waals surface area contributed by atoms with Crippen molar-refractivity contribution in [1.29, 1.82) is 0 Å². The Labute approximate surface area is 114 Å². The maximum atomic E-state index is 3.82. The van der Waals surface area contributed by atoms with Crippen LogP contribution in [-0.4, -0.2) is 36.6 Å². The zero-order chi connectivity index (χ0) is 12.8. The molecule has 1 aliphatic carbocycles. The van der Waals surface area contributed by atoms with E-state index in [0.717, 1.165) is 5.92 Å². The molecule has 0 amide bonds. The fraction of sp³-hybridized carbons (Fsp3) is 1.00. The van der Waals surface area contributed by atoms with Gasteiger partial charge in [-0.2, -0.15) is 0 Å². The van der Waals surface area contributed by atoms with Crippen molar-refractivity contribution in [2.24, 2.45) is 5.92 Å². The summed E-state index contributed by atoms with van der Waals surface area (Å²) in [4.78, 5) is 2.76. The Kier molecular flexibility index (Phi) is 5.50. The molecule has 1 saturated heterocycles. The van der Waals surface area contributed by atoms with Crippen LogP contribution in [0.5, 0.6) is 0 Å². The van der Waals surface area contributed by atoms with Crippen molar-refractivity contribution in [3.05, 3.63) is 0 Å². The van der Waals surface area contributed by atoms with E-state index >= 15 is 0 Å². The fourth-order valence-electron chi connectivity index (χ4n) is 3.87. The smallest absolute Gasteiger partial charge is 0.0309 e. The Morgan fingerprint density at radius 3 is 2.67 bits per heavy atom. The van der Waals surface area contributed by atoms with E-state index in [1.807, 2.05) is 0 Å². The zero-order valence-corrected chi connectivity index (χ0v) is 12.5. The highest BCUT2D eigenvalue weighted by Gasteiger charge is 2.37. The minimum absolute atomic E-state index is 0.501. The maximum absolute atomic E-state index is 3.82. The molecule has 0 aromatic rings. The molecule has 1 aliphatic heterocycles. The van der Waals surface area contributed by atoms with Gasteiger partial charge in [0.05, 0.1) is 0 Å². The molecule has 0 aromatic heterocycles. The van der Waals surface area contributed by atoms with E-state index in [4.69, 9.17) is 0 Å². The molecule has 1 N–H and O–H groups in total. The van der Waals surface area contributed by atoms with Crippen LogP contribution in [0.2, 0.25) is 0 Å². The van der Waals surface area contributed by atoms with Crippen LogP contribution in [0.25, 0.3) is 0 Å². The van der Waals surface area contributed by atoms with Crippen LogP contribution in [0, 0.1) is 5.92 Å². The fourth-order valence-corrected chi connectivity index (χ4v) is 3.87. The van der Waals surface area contributed by atoms with Crippen molar-refractivity contribution in [3.63, 3.8) is 0 Å². The number of hydrogen-bond donors (Lipinski definition) is 1. The van der Waals surface area contributed by atoms with Crippen LogP contribution in [0.3, 0.4) is 0 Å². The third-order valence-corrected chi connectivity index (χ3v) is 5.07. The normalized spacial score (nSPS) is 25.7. The van der Waals surface area contributed by atoms with Gasteiger partial charge in [-0.05, 0) is 25.2 Å². The molecule has 1 heterocycles. The highest BCUT2D eigenvalue weighted by molar-refractivity contribution is 4.98. The van der Waals surface area contributed by atoms with Gasteiger partial charge in [-0.3, -0.25) is 4.90 Å². The summed E-state index contributed by atoms with van der Waals surface area (Å²) >= 11 is 0. The second-order valence-corrected chi connectivity index (χ2v) is 6.57. The number of hydrogen-bond acceptors (Lipinski definition) is 2. The predicted molar refractivity (Wildman–Crippen MR) is 78.9 cm³/mol. The van der Waals surface area contributed by atoms with Gasteiger partial charge in [0.15, 0.2) is 0 Å². The molecular weight excluding hydrogens is 220 g/mol. The van der Waals surface area contributed by atoms with E-state index in [0.29, 0.717) is 5.54 Å². The van der Waals surface area contributed by atoms with E-state index in [-0.39, 0.29) is 0 Å². The minimum atomic E-state index is 0.501. The van der Waals surface area contributed by atoms with Crippen LogP contribution < -0.4 is 5.32 Å². The molecule has 0 bridgehead atoms. The van der Waals surface area contributed by atoms with Gasteiger partial charge in [-0.15, -0.1) is 0 Å². The SMILES string of the molecule is CCCCC(CC)CN1CCNC2(CCCC2)C1. The number of rotatable bonds is 6. The van der Waals surface area contributed by atoms with Gasteiger partial charge in [0.2, 0.25) is 0 Å². The van der Waals surface area contributed by atoms with Gasteiger partial charge in [-0.25, -0.2) is 0 Å². The third kappa shape index (κ3) is 3.71. The summed E-state index contributed by atoms with van der Waals surface area (Å²) in [5.74, 6) is 0.932. The molecule has 2 nitrogen and oxygen atoms in total. The summed E-state index contributed by atoms with van der Waals surface area (Å²) in [6.45, 7) is 9.82. The summed E-state index contributed by atoms with van der Waals surface area (Å²) in [6.07, 6.45) is 11.3. The first kappa shape index (κ1) is 14.3. The lowest BCUT2D eigenvalue weighted by atomic mass is 9.92. The maximum Gasteiger partial charge on any atom is 0.0309 e. The number of piperazine rings is 1. The first-order valence-corrected chi connectivity index (χ1v) is 8.25.